The number of benzene rings is 3. The van der Waals surface area contributed by atoms with Crippen molar-refractivity contribution in [2.75, 3.05) is 6.61 Å². The maximum absolute atomic E-state index is 13.5. The molecule has 0 spiro atoms. The number of unbranched alkanes of at least 4 members (excludes halogenated alkanes) is 2. The fourth-order valence-corrected chi connectivity index (χ4v) is 6.24. The van der Waals surface area contributed by atoms with Crippen molar-refractivity contribution in [2.45, 2.75) is 45.6 Å². The zero-order valence-corrected chi connectivity index (χ0v) is 24.9. The van der Waals surface area contributed by atoms with Crippen LogP contribution in [0.4, 0.5) is 0 Å². The van der Waals surface area contributed by atoms with Crippen LogP contribution in [0.15, 0.2) is 83.8 Å². The van der Waals surface area contributed by atoms with Crippen molar-refractivity contribution in [3.05, 3.63) is 105 Å². The van der Waals surface area contributed by atoms with Crippen LogP contribution in [0.25, 0.3) is 39.4 Å². The SMILES string of the molecule is CCCCCOc1ccc(-c2nc3sc(=Cc4cn(-c5ccccc5)nc4-c4ccc5c(c4)CC(C)O5)c(=O)n3n2)cc1. The number of ether oxygens (including phenoxy) is 2. The lowest BCUT2D eigenvalue weighted by atomic mass is 10.0. The summed E-state index contributed by atoms with van der Waals surface area (Å²) in [5, 5.41) is 9.50. The number of aromatic nitrogens is 5. The molecule has 8 nitrogen and oxygen atoms in total. The summed E-state index contributed by atoms with van der Waals surface area (Å²) in [4.78, 5) is 18.7. The van der Waals surface area contributed by atoms with Gasteiger partial charge in [0.05, 0.1) is 16.8 Å². The summed E-state index contributed by atoms with van der Waals surface area (Å²) in [6.07, 6.45) is 8.23. The molecule has 0 N–H and O–H groups in total. The first kappa shape index (κ1) is 27.1. The van der Waals surface area contributed by atoms with Crippen molar-refractivity contribution in [3.63, 3.8) is 0 Å². The molecule has 3 aromatic heterocycles. The van der Waals surface area contributed by atoms with E-state index in [1.807, 2.05) is 83.7 Å². The third-order valence-corrected chi connectivity index (χ3v) is 8.49. The third-order valence-electron chi connectivity index (χ3n) is 7.53. The van der Waals surface area contributed by atoms with Crippen LogP contribution in [-0.4, -0.2) is 37.1 Å². The van der Waals surface area contributed by atoms with Crippen LogP contribution in [0.1, 0.15) is 44.2 Å². The smallest absolute Gasteiger partial charge is 0.291 e. The van der Waals surface area contributed by atoms with E-state index in [2.05, 4.69) is 30.0 Å². The quantitative estimate of drug-likeness (QED) is 0.189. The van der Waals surface area contributed by atoms with Crippen molar-refractivity contribution >= 4 is 22.4 Å². The van der Waals surface area contributed by atoms with Gasteiger partial charge in [-0.15, -0.1) is 5.10 Å². The van der Waals surface area contributed by atoms with Gasteiger partial charge >= 0.3 is 0 Å². The van der Waals surface area contributed by atoms with Crippen LogP contribution in [0.2, 0.25) is 0 Å². The van der Waals surface area contributed by atoms with Gasteiger partial charge in [0, 0.05) is 29.3 Å². The van der Waals surface area contributed by atoms with E-state index in [4.69, 9.17) is 14.6 Å². The Hall–Kier alpha value is -4.76. The van der Waals surface area contributed by atoms with Gasteiger partial charge in [-0.3, -0.25) is 4.79 Å². The molecule has 0 radical (unpaired) electrons. The highest BCUT2D eigenvalue weighted by Gasteiger charge is 2.21. The second kappa shape index (κ2) is 11.5. The molecule has 9 heteroatoms. The molecule has 6 aromatic rings. The Morgan fingerprint density at radius 2 is 1.84 bits per heavy atom. The molecule has 1 atom stereocenters. The number of hydrogen-bond acceptors (Lipinski definition) is 7. The molecule has 0 bridgehead atoms. The molecule has 0 saturated carbocycles. The second-order valence-electron chi connectivity index (χ2n) is 10.8. The lowest BCUT2D eigenvalue weighted by molar-refractivity contribution is 0.254. The number of para-hydroxylation sites is 1. The summed E-state index contributed by atoms with van der Waals surface area (Å²) < 4.78 is 15.5. The van der Waals surface area contributed by atoms with Crippen molar-refractivity contribution in [2.24, 2.45) is 0 Å². The van der Waals surface area contributed by atoms with Gasteiger partial charge < -0.3 is 9.47 Å². The molecule has 7 rings (SSSR count). The van der Waals surface area contributed by atoms with Gasteiger partial charge in [0.15, 0.2) is 5.82 Å². The van der Waals surface area contributed by atoms with Crippen LogP contribution in [-0.2, 0) is 6.42 Å². The number of fused-ring (bicyclic) bond motifs is 2. The van der Waals surface area contributed by atoms with Gasteiger partial charge in [-0.1, -0.05) is 49.3 Å². The van der Waals surface area contributed by atoms with E-state index in [1.54, 1.807) is 0 Å². The fraction of sp³-hybridized carbons (Fsp3) is 0.235. The maximum Gasteiger partial charge on any atom is 0.291 e. The summed E-state index contributed by atoms with van der Waals surface area (Å²) >= 11 is 1.32. The van der Waals surface area contributed by atoms with Gasteiger partial charge in [0.25, 0.3) is 5.56 Å². The van der Waals surface area contributed by atoms with Crippen molar-refractivity contribution in [3.8, 4) is 39.8 Å². The molecule has 1 aliphatic heterocycles. The zero-order chi connectivity index (χ0) is 29.3. The van der Waals surface area contributed by atoms with Gasteiger partial charge in [0.2, 0.25) is 4.96 Å². The average molecular weight is 590 g/mol. The molecular formula is C34H31N5O3S. The molecule has 0 fully saturated rings. The molecule has 216 valence electrons. The molecule has 43 heavy (non-hydrogen) atoms. The predicted octanol–water partition coefficient (Wildman–Crippen LogP) is 6.11. The van der Waals surface area contributed by atoms with E-state index in [9.17, 15) is 4.79 Å². The molecule has 0 amide bonds. The van der Waals surface area contributed by atoms with Gasteiger partial charge in [-0.05, 0) is 79.6 Å². The minimum absolute atomic E-state index is 0.155. The zero-order valence-electron chi connectivity index (χ0n) is 24.1. The average Bonchev–Trinajstić information content (AvgIpc) is 3.79. The summed E-state index contributed by atoms with van der Waals surface area (Å²) in [6, 6.07) is 23.8. The number of thiazole rings is 1. The highest BCUT2D eigenvalue weighted by molar-refractivity contribution is 7.15. The van der Waals surface area contributed by atoms with E-state index in [0.29, 0.717) is 21.9 Å². The van der Waals surface area contributed by atoms with E-state index in [-0.39, 0.29) is 11.7 Å². The summed E-state index contributed by atoms with van der Waals surface area (Å²) in [6.45, 7) is 4.95. The van der Waals surface area contributed by atoms with Crippen LogP contribution in [0, 0.1) is 0 Å². The van der Waals surface area contributed by atoms with Crippen LogP contribution in [0.3, 0.4) is 0 Å². The minimum Gasteiger partial charge on any atom is -0.494 e. The van der Waals surface area contributed by atoms with Gasteiger partial charge in [0.1, 0.15) is 23.3 Å². The minimum atomic E-state index is -0.204. The molecule has 0 aliphatic carbocycles. The molecule has 0 saturated heterocycles. The molecule has 1 unspecified atom stereocenters. The monoisotopic (exact) mass is 589 g/mol. The highest BCUT2D eigenvalue weighted by atomic mass is 32.1. The van der Waals surface area contributed by atoms with E-state index >= 15 is 0 Å². The Morgan fingerprint density at radius 3 is 2.63 bits per heavy atom. The standard InChI is InChI=1S/C34H31N5O3S/c1-3-4-8-17-41-28-14-11-23(12-15-28)32-35-34-39(37-32)33(40)30(43-34)20-26-21-38(27-9-6-5-7-10-27)36-31(26)24-13-16-29-25(19-24)18-22(2)42-29/h5-7,9-16,19-22H,3-4,8,17-18H2,1-2H3. The van der Waals surface area contributed by atoms with Crippen molar-refractivity contribution < 1.29 is 9.47 Å². The Balaban J connectivity index is 1.23. The first-order chi connectivity index (χ1) is 21.1. The van der Waals surface area contributed by atoms with E-state index < -0.39 is 0 Å². The third kappa shape index (κ3) is 5.44. The normalized spacial score (nSPS) is 14.7. The molecule has 4 heterocycles. The summed E-state index contributed by atoms with van der Waals surface area (Å²) in [5.74, 6) is 2.25. The Kier molecular flexibility index (Phi) is 7.24. The maximum atomic E-state index is 13.5. The summed E-state index contributed by atoms with van der Waals surface area (Å²) in [5.41, 5.74) is 5.34. The van der Waals surface area contributed by atoms with Crippen molar-refractivity contribution in [1.29, 1.82) is 0 Å². The lowest BCUT2D eigenvalue weighted by Gasteiger charge is -2.05. The van der Waals surface area contributed by atoms with Crippen LogP contribution < -0.4 is 19.6 Å². The Bertz CT molecular complexity index is 2010. The molecule has 3 aromatic carbocycles. The lowest BCUT2D eigenvalue weighted by Crippen LogP contribution is -2.23. The number of hydrogen-bond donors (Lipinski definition) is 0. The van der Waals surface area contributed by atoms with Crippen LogP contribution >= 0.6 is 11.3 Å². The first-order valence-corrected chi connectivity index (χ1v) is 15.5. The number of nitrogens with zero attached hydrogens (tertiary/aromatic N) is 5. The van der Waals surface area contributed by atoms with Crippen molar-refractivity contribution in [1.82, 2.24) is 24.4 Å². The first-order valence-electron chi connectivity index (χ1n) is 14.7. The molecule has 1 aliphatic rings. The topological polar surface area (TPSA) is 83.5 Å². The molecular weight excluding hydrogens is 558 g/mol. The van der Waals surface area contributed by atoms with Gasteiger partial charge in [-0.2, -0.15) is 14.6 Å². The van der Waals surface area contributed by atoms with Gasteiger partial charge in [-0.25, -0.2) is 4.68 Å². The summed E-state index contributed by atoms with van der Waals surface area (Å²) in [7, 11) is 0. The van der Waals surface area contributed by atoms with E-state index in [1.165, 1.54) is 15.9 Å². The largest absolute Gasteiger partial charge is 0.494 e. The van der Waals surface area contributed by atoms with Crippen LogP contribution in [0.5, 0.6) is 11.5 Å². The second-order valence-corrected chi connectivity index (χ2v) is 11.8. The fourth-order valence-electron chi connectivity index (χ4n) is 5.34. The Labute approximate surface area is 252 Å². The van der Waals surface area contributed by atoms with E-state index in [0.717, 1.165) is 70.8 Å². The predicted molar refractivity (Wildman–Crippen MR) is 169 cm³/mol. The highest BCUT2D eigenvalue weighted by Crippen LogP contribution is 2.34. The number of rotatable bonds is 9. The Morgan fingerprint density at radius 1 is 1.02 bits per heavy atom.